The average Bonchev–Trinajstić information content (AvgIpc) is 3.07. The summed E-state index contributed by atoms with van der Waals surface area (Å²) in [6.45, 7) is 3.49. The molecule has 0 aliphatic heterocycles. The van der Waals surface area contributed by atoms with Gasteiger partial charge in [-0.05, 0) is 48.8 Å². The first-order chi connectivity index (χ1) is 12.6. The van der Waals surface area contributed by atoms with Gasteiger partial charge in [-0.3, -0.25) is 10.1 Å². The lowest BCUT2D eigenvalue weighted by Gasteiger charge is -2.21. The standard InChI is InChI=1S/C17H17N5O3S/c1-2-21(9-10-23)13-5-3-12(4-6-13)18-19-17-15-11-14(22(24)25)7-8-16(15)20-26-17/h3-8,11,23H,2,9-10H2,1H3. The molecule has 0 aliphatic rings. The minimum atomic E-state index is -0.442. The fourth-order valence-corrected chi connectivity index (χ4v) is 3.21. The summed E-state index contributed by atoms with van der Waals surface area (Å²) in [6.07, 6.45) is 0. The Hall–Kier alpha value is -2.91. The van der Waals surface area contributed by atoms with Crippen LogP contribution in [0.3, 0.4) is 0 Å². The van der Waals surface area contributed by atoms with E-state index in [1.807, 2.05) is 31.2 Å². The summed E-state index contributed by atoms with van der Waals surface area (Å²) in [4.78, 5) is 12.5. The number of anilines is 1. The molecule has 1 heterocycles. The van der Waals surface area contributed by atoms with Crippen LogP contribution in [0.15, 0.2) is 52.7 Å². The Bertz CT molecular complexity index is 939. The van der Waals surface area contributed by atoms with Gasteiger partial charge in [0.15, 0.2) is 5.00 Å². The van der Waals surface area contributed by atoms with Crippen LogP contribution < -0.4 is 4.90 Å². The Morgan fingerprint density at radius 3 is 2.65 bits per heavy atom. The van der Waals surface area contributed by atoms with Gasteiger partial charge in [0.2, 0.25) is 0 Å². The first-order valence-electron chi connectivity index (χ1n) is 8.04. The molecule has 2 aromatic carbocycles. The molecule has 0 radical (unpaired) electrons. The fourth-order valence-electron chi connectivity index (χ4n) is 2.53. The summed E-state index contributed by atoms with van der Waals surface area (Å²) in [5.41, 5.74) is 2.33. The molecule has 8 nitrogen and oxygen atoms in total. The van der Waals surface area contributed by atoms with Crippen molar-refractivity contribution in [1.29, 1.82) is 0 Å². The number of aliphatic hydroxyl groups is 1. The molecule has 0 saturated carbocycles. The SMILES string of the molecule is CCN(CCO)c1ccc(N=Nc2snc3ccc([N+](=O)[O-])cc23)cc1. The van der Waals surface area contributed by atoms with Gasteiger partial charge in [0.1, 0.15) is 0 Å². The van der Waals surface area contributed by atoms with Gasteiger partial charge in [0.05, 0.1) is 22.7 Å². The van der Waals surface area contributed by atoms with Crippen molar-refractivity contribution in [2.45, 2.75) is 6.92 Å². The minimum Gasteiger partial charge on any atom is -0.395 e. The molecule has 0 unspecified atom stereocenters. The normalized spacial score (nSPS) is 11.3. The Morgan fingerprint density at radius 1 is 1.23 bits per heavy atom. The number of hydrogen-bond acceptors (Lipinski definition) is 8. The van der Waals surface area contributed by atoms with Crippen molar-refractivity contribution in [2.75, 3.05) is 24.6 Å². The van der Waals surface area contributed by atoms with Crippen LogP contribution in [0.4, 0.5) is 22.1 Å². The number of nitro benzene ring substituents is 1. The van der Waals surface area contributed by atoms with Crippen molar-refractivity contribution in [3.05, 3.63) is 52.6 Å². The van der Waals surface area contributed by atoms with E-state index >= 15 is 0 Å². The molecule has 0 bridgehead atoms. The second-order valence-corrected chi connectivity index (χ2v) is 6.22. The predicted molar refractivity (Wildman–Crippen MR) is 102 cm³/mol. The van der Waals surface area contributed by atoms with Crippen LogP contribution in [0, 0.1) is 10.1 Å². The molecule has 0 aliphatic carbocycles. The molecule has 1 N–H and O–H groups in total. The fraction of sp³-hybridized carbons (Fsp3) is 0.235. The van der Waals surface area contributed by atoms with Crippen molar-refractivity contribution in [3.8, 4) is 0 Å². The average molecular weight is 371 g/mol. The molecule has 3 aromatic rings. The van der Waals surface area contributed by atoms with E-state index < -0.39 is 4.92 Å². The smallest absolute Gasteiger partial charge is 0.270 e. The zero-order valence-corrected chi connectivity index (χ0v) is 14.9. The van der Waals surface area contributed by atoms with Gasteiger partial charge in [-0.25, -0.2) is 0 Å². The molecule has 0 saturated heterocycles. The maximum atomic E-state index is 10.9. The Morgan fingerprint density at radius 2 is 2.00 bits per heavy atom. The molecule has 0 amide bonds. The number of azo groups is 1. The number of non-ortho nitro benzene ring substituents is 1. The number of hydrogen-bond donors (Lipinski definition) is 1. The van der Waals surface area contributed by atoms with E-state index in [1.165, 1.54) is 12.1 Å². The maximum absolute atomic E-state index is 10.9. The van der Waals surface area contributed by atoms with Crippen molar-refractivity contribution >= 4 is 44.5 Å². The number of nitro groups is 1. The lowest BCUT2D eigenvalue weighted by Crippen LogP contribution is -2.25. The van der Waals surface area contributed by atoms with Crippen molar-refractivity contribution in [3.63, 3.8) is 0 Å². The van der Waals surface area contributed by atoms with Gasteiger partial charge >= 0.3 is 0 Å². The molecule has 0 fully saturated rings. The number of aliphatic hydroxyl groups excluding tert-OH is 1. The van der Waals surface area contributed by atoms with Crippen LogP contribution in [-0.2, 0) is 0 Å². The molecule has 1 aromatic heterocycles. The molecule has 3 rings (SSSR count). The van der Waals surface area contributed by atoms with Crippen molar-refractivity contribution < 1.29 is 10.0 Å². The molecular formula is C17H17N5O3S. The summed E-state index contributed by atoms with van der Waals surface area (Å²) in [7, 11) is 0. The lowest BCUT2D eigenvalue weighted by atomic mass is 10.2. The lowest BCUT2D eigenvalue weighted by molar-refractivity contribution is -0.384. The number of nitrogens with zero attached hydrogens (tertiary/aromatic N) is 5. The van der Waals surface area contributed by atoms with Crippen LogP contribution in [0.5, 0.6) is 0 Å². The van der Waals surface area contributed by atoms with E-state index in [4.69, 9.17) is 5.11 Å². The first kappa shape index (κ1) is 17.9. The number of fused-ring (bicyclic) bond motifs is 1. The number of rotatable bonds is 7. The van der Waals surface area contributed by atoms with Crippen molar-refractivity contribution in [1.82, 2.24) is 4.37 Å². The van der Waals surface area contributed by atoms with Gasteiger partial charge < -0.3 is 10.0 Å². The topological polar surface area (TPSA) is 104 Å². The summed E-state index contributed by atoms with van der Waals surface area (Å²) >= 11 is 1.15. The van der Waals surface area contributed by atoms with Crippen LogP contribution in [0.25, 0.3) is 10.9 Å². The quantitative estimate of drug-likeness (QED) is 0.376. The summed E-state index contributed by atoms with van der Waals surface area (Å²) < 4.78 is 4.24. The predicted octanol–water partition coefficient (Wildman–Crippen LogP) is 4.44. The largest absolute Gasteiger partial charge is 0.395 e. The number of benzene rings is 2. The van der Waals surface area contributed by atoms with Gasteiger partial charge in [-0.2, -0.15) is 4.37 Å². The number of likely N-dealkylation sites (N-methyl/N-ethyl adjacent to an activating group) is 1. The van der Waals surface area contributed by atoms with Crippen LogP contribution in [0.2, 0.25) is 0 Å². The molecule has 0 spiro atoms. The highest BCUT2D eigenvalue weighted by Gasteiger charge is 2.12. The highest BCUT2D eigenvalue weighted by molar-refractivity contribution is 7.11. The third-order valence-corrected chi connectivity index (χ3v) is 4.64. The van der Waals surface area contributed by atoms with E-state index in [-0.39, 0.29) is 12.3 Å². The van der Waals surface area contributed by atoms with Crippen LogP contribution in [-0.4, -0.2) is 34.1 Å². The molecule has 9 heteroatoms. The highest BCUT2D eigenvalue weighted by Crippen LogP contribution is 2.34. The Kier molecular flexibility index (Phi) is 5.49. The highest BCUT2D eigenvalue weighted by atomic mass is 32.1. The summed E-state index contributed by atoms with van der Waals surface area (Å²) in [6, 6.07) is 12.0. The first-order valence-corrected chi connectivity index (χ1v) is 8.81. The second-order valence-electron chi connectivity index (χ2n) is 5.47. The minimum absolute atomic E-state index is 0.00189. The van der Waals surface area contributed by atoms with Gasteiger partial charge in [0.25, 0.3) is 5.69 Å². The Labute approximate surface area is 153 Å². The third kappa shape index (κ3) is 3.84. The van der Waals surface area contributed by atoms with Gasteiger partial charge in [0, 0.05) is 36.3 Å². The van der Waals surface area contributed by atoms with E-state index in [0.29, 0.717) is 28.1 Å². The van der Waals surface area contributed by atoms with Gasteiger partial charge in [-0.1, -0.05) is 0 Å². The zero-order valence-electron chi connectivity index (χ0n) is 14.1. The van der Waals surface area contributed by atoms with E-state index in [1.54, 1.807) is 6.07 Å². The van der Waals surface area contributed by atoms with Crippen LogP contribution in [0.1, 0.15) is 6.92 Å². The Balaban J connectivity index is 1.82. The van der Waals surface area contributed by atoms with Crippen molar-refractivity contribution in [2.24, 2.45) is 10.2 Å². The van der Waals surface area contributed by atoms with Crippen LogP contribution >= 0.6 is 11.5 Å². The number of aromatic nitrogens is 1. The third-order valence-electron chi connectivity index (χ3n) is 3.87. The molecule has 26 heavy (non-hydrogen) atoms. The molecule has 0 atom stereocenters. The van der Waals surface area contributed by atoms with E-state index in [9.17, 15) is 10.1 Å². The zero-order chi connectivity index (χ0) is 18.5. The summed E-state index contributed by atoms with van der Waals surface area (Å²) in [5.74, 6) is 0. The van der Waals surface area contributed by atoms with Gasteiger partial charge in [-0.15, -0.1) is 10.2 Å². The molecular weight excluding hydrogens is 354 g/mol. The molecule has 134 valence electrons. The van der Waals surface area contributed by atoms with E-state index in [0.717, 1.165) is 23.8 Å². The second kappa shape index (κ2) is 7.98. The monoisotopic (exact) mass is 371 g/mol. The summed E-state index contributed by atoms with van der Waals surface area (Å²) in [5, 5.41) is 29.6. The van der Waals surface area contributed by atoms with E-state index in [2.05, 4.69) is 19.5 Å². The maximum Gasteiger partial charge on any atom is 0.270 e.